The summed E-state index contributed by atoms with van der Waals surface area (Å²) in [7, 11) is 3.06. The Kier molecular flexibility index (Phi) is 8.28. The van der Waals surface area contributed by atoms with Gasteiger partial charge in [-0.2, -0.15) is 0 Å². The van der Waals surface area contributed by atoms with Crippen molar-refractivity contribution in [3.8, 4) is 0 Å². The molecular weight excluding hydrogens is 434 g/mol. The van der Waals surface area contributed by atoms with Crippen LogP contribution in [0.15, 0.2) is 24.3 Å². The van der Waals surface area contributed by atoms with Gasteiger partial charge in [0, 0.05) is 50.0 Å². The van der Waals surface area contributed by atoms with Crippen LogP contribution in [0.4, 0.5) is 0 Å². The van der Waals surface area contributed by atoms with E-state index in [4.69, 9.17) is 9.47 Å². The van der Waals surface area contributed by atoms with Gasteiger partial charge in [-0.3, -0.25) is 14.5 Å². The zero-order valence-electron chi connectivity index (χ0n) is 21.0. The van der Waals surface area contributed by atoms with Crippen molar-refractivity contribution < 1.29 is 23.9 Å². The van der Waals surface area contributed by atoms with Crippen LogP contribution in [0.5, 0.6) is 0 Å². The fourth-order valence-corrected chi connectivity index (χ4v) is 4.48. The van der Waals surface area contributed by atoms with Gasteiger partial charge >= 0.3 is 5.97 Å². The smallest absolute Gasteiger partial charge is 0.354 e. The molecule has 0 radical (unpaired) electrons. The van der Waals surface area contributed by atoms with Crippen molar-refractivity contribution in [3.63, 3.8) is 0 Å². The first-order valence-electron chi connectivity index (χ1n) is 11.6. The summed E-state index contributed by atoms with van der Waals surface area (Å²) in [6.07, 6.45) is 0. The van der Waals surface area contributed by atoms with Gasteiger partial charge < -0.3 is 18.9 Å². The van der Waals surface area contributed by atoms with Crippen molar-refractivity contribution in [1.82, 2.24) is 14.4 Å². The fourth-order valence-electron chi connectivity index (χ4n) is 4.48. The molecule has 0 aliphatic carbocycles. The van der Waals surface area contributed by atoms with Gasteiger partial charge in [0.25, 0.3) is 5.91 Å². The highest BCUT2D eigenvalue weighted by Gasteiger charge is 2.33. The molecule has 1 aliphatic rings. The molecule has 0 N–H and O–H groups in total. The molecule has 1 saturated heterocycles. The van der Waals surface area contributed by atoms with E-state index in [1.807, 2.05) is 19.1 Å². The average Bonchev–Trinajstić information content (AvgIpc) is 3.06. The molecule has 1 fully saturated rings. The van der Waals surface area contributed by atoms with Gasteiger partial charge in [-0.25, -0.2) is 4.79 Å². The Hall–Kier alpha value is -2.97. The minimum absolute atomic E-state index is 0.187. The highest BCUT2D eigenvalue weighted by atomic mass is 16.5. The fraction of sp³-hybridized carbons (Fsp3) is 0.500. The van der Waals surface area contributed by atoms with Gasteiger partial charge in [-0.1, -0.05) is 17.7 Å². The lowest BCUT2D eigenvalue weighted by molar-refractivity contribution is 0.0298. The molecular formula is C26H35N3O5. The molecule has 0 spiro atoms. The Balaban J connectivity index is 1.93. The van der Waals surface area contributed by atoms with Crippen molar-refractivity contribution in [3.05, 3.63) is 57.9 Å². The van der Waals surface area contributed by atoms with Crippen LogP contribution in [0.25, 0.3) is 0 Å². The maximum Gasteiger partial charge on any atom is 0.354 e. The molecule has 34 heavy (non-hydrogen) atoms. The third-order valence-corrected chi connectivity index (χ3v) is 6.72. The number of hydrogen-bond donors (Lipinski definition) is 0. The van der Waals surface area contributed by atoms with Crippen LogP contribution < -0.4 is 0 Å². The highest BCUT2D eigenvalue weighted by molar-refractivity contribution is 6.07. The molecule has 8 nitrogen and oxygen atoms in total. The van der Waals surface area contributed by atoms with Crippen LogP contribution in [0.1, 0.15) is 54.9 Å². The predicted octanol–water partition coefficient (Wildman–Crippen LogP) is 2.78. The zero-order valence-corrected chi connectivity index (χ0v) is 21.0. The van der Waals surface area contributed by atoms with Crippen LogP contribution in [-0.2, 0) is 16.5 Å². The molecule has 0 saturated carbocycles. The topological polar surface area (TPSA) is 81.1 Å². The Morgan fingerprint density at radius 1 is 1.09 bits per heavy atom. The normalized spacial score (nSPS) is 15.1. The lowest BCUT2D eigenvalue weighted by Gasteiger charge is -2.33. The SMILES string of the molecule is COC(=O)c1c(C)c(C(=O)C(C)N(CCN2CCOCC2)C(=O)c2ccc(C)cc2)c(C)n1C. The van der Waals surface area contributed by atoms with Crippen molar-refractivity contribution in [2.45, 2.75) is 33.7 Å². The Morgan fingerprint density at radius 3 is 2.29 bits per heavy atom. The Morgan fingerprint density at radius 2 is 1.71 bits per heavy atom. The van der Waals surface area contributed by atoms with Crippen LogP contribution in [0.2, 0.25) is 0 Å². The van der Waals surface area contributed by atoms with E-state index in [1.165, 1.54) is 7.11 Å². The summed E-state index contributed by atoms with van der Waals surface area (Å²) >= 11 is 0. The monoisotopic (exact) mass is 469 g/mol. The van der Waals surface area contributed by atoms with E-state index >= 15 is 0 Å². The lowest BCUT2D eigenvalue weighted by Crippen LogP contribution is -2.48. The van der Waals surface area contributed by atoms with Gasteiger partial charge in [-0.15, -0.1) is 0 Å². The molecule has 8 heteroatoms. The van der Waals surface area contributed by atoms with Crippen molar-refractivity contribution >= 4 is 17.7 Å². The van der Waals surface area contributed by atoms with Crippen LogP contribution in [-0.4, -0.2) is 84.6 Å². The van der Waals surface area contributed by atoms with E-state index in [1.54, 1.807) is 49.4 Å². The summed E-state index contributed by atoms with van der Waals surface area (Å²) in [4.78, 5) is 43.5. The third-order valence-electron chi connectivity index (χ3n) is 6.72. The molecule has 3 rings (SSSR count). The van der Waals surface area contributed by atoms with Crippen LogP contribution in [0.3, 0.4) is 0 Å². The largest absolute Gasteiger partial charge is 0.464 e. The summed E-state index contributed by atoms with van der Waals surface area (Å²) in [5.74, 6) is -0.869. The molecule has 184 valence electrons. The van der Waals surface area contributed by atoms with E-state index in [0.29, 0.717) is 54.4 Å². The number of Topliss-reactive ketones (excluding diaryl/α,β-unsaturated/α-hetero) is 1. The average molecular weight is 470 g/mol. The Bertz CT molecular complexity index is 1050. The first-order valence-corrected chi connectivity index (χ1v) is 11.6. The molecule has 1 aromatic carbocycles. The molecule has 1 amide bonds. The quantitative estimate of drug-likeness (QED) is 0.437. The van der Waals surface area contributed by atoms with E-state index in [9.17, 15) is 14.4 Å². The van der Waals surface area contributed by atoms with E-state index in [2.05, 4.69) is 4.90 Å². The number of carbonyl (C=O) groups is 3. The second-order valence-corrected chi connectivity index (χ2v) is 8.84. The second-order valence-electron chi connectivity index (χ2n) is 8.84. The highest BCUT2D eigenvalue weighted by Crippen LogP contribution is 2.25. The summed E-state index contributed by atoms with van der Waals surface area (Å²) < 4.78 is 12.0. The molecule has 2 heterocycles. The predicted molar refractivity (Wildman–Crippen MR) is 129 cm³/mol. The number of nitrogens with zero attached hydrogens (tertiary/aromatic N) is 3. The Labute approximate surface area is 201 Å². The number of ketones is 1. The van der Waals surface area contributed by atoms with E-state index in [0.717, 1.165) is 18.7 Å². The first kappa shape index (κ1) is 25.6. The van der Waals surface area contributed by atoms with Crippen molar-refractivity contribution in [2.75, 3.05) is 46.5 Å². The van der Waals surface area contributed by atoms with Gasteiger partial charge in [0.05, 0.1) is 26.4 Å². The second kappa shape index (κ2) is 11.0. The summed E-state index contributed by atoms with van der Waals surface area (Å²) in [6, 6.07) is 6.68. The van der Waals surface area contributed by atoms with Gasteiger partial charge in [0.2, 0.25) is 0 Å². The molecule has 1 unspecified atom stereocenters. The molecule has 1 aromatic heterocycles. The maximum absolute atomic E-state index is 13.8. The minimum atomic E-state index is -0.708. The number of methoxy groups -OCH3 is 1. The first-order chi connectivity index (χ1) is 16.2. The molecule has 0 bridgehead atoms. The number of amides is 1. The van der Waals surface area contributed by atoms with E-state index < -0.39 is 12.0 Å². The van der Waals surface area contributed by atoms with Crippen molar-refractivity contribution in [1.29, 1.82) is 0 Å². The summed E-state index contributed by atoms with van der Waals surface area (Å²) in [6.45, 7) is 11.3. The third kappa shape index (κ3) is 5.23. The number of benzene rings is 1. The molecule has 1 aliphatic heterocycles. The zero-order chi connectivity index (χ0) is 25.0. The van der Waals surface area contributed by atoms with Crippen LogP contribution in [0, 0.1) is 20.8 Å². The number of rotatable bonds is 8. The summed E-state index contributed by atoms with van der Waals surface area (Å²) in [5.41, 5.74) is 3.66. The number of esters is 1. The van der Waals surface area contributed by atoms with Crippen LogP contribution >= 0.6 is 0 Å². The summed E-state index contributed by atoms with van der Waals surface area (Å²) in [5, 5.41) is 0. The standard InChI is InChI=1S/C26H35N3O5/c1-17-7-9-21(10-8-17)25(31)29(12-11-28-13-15-34-16-14-28)20(4)24(30)22-18(2)23(26(32)33-6)27(5)19(22)3/h7-10,20H,11-16H2,1-6H3. The van der Waals surface area contributed by atoms with Gasteiger partial charge in [0.15, 0.2) is 5.78 Å². The van der Waals surface area contributed by atoms with Crippen molar-refractivity contribution in [2.24, 2.45) is 7.05 Å². The number of carbonyl (C=O) groups excluding carboxylic acids is 3. The number of hydrogen-bond acceptors (Lipinski definition) is 6. The minimum Gasteiger partial charge on any atom is -0.464 e. The lowest BCUT2D eigenvalue weighted by atomic mass is 9.99. The molecule has 1 atom stereocenters. The number of morpholine rings is 1. The maximum atomic E-state index is 13.8. The van der Waals surface area contributed by atoms with Gasteiger partial charge in [-0.05, 0) is 45.4 Å². The number of aryl methyl sites for hydroxylation is 1. The van der Waals surface area contributed by atoms with Gasteiger partial charge in [0.1, 0.15) is 5.69 Å². The number of aromatic nitrogens is 1. The molecule has 2 aromatic rings. The van der Waals surface area contributed by atoms with E-state index in [-0.39, 0.29) is 11.7 Å². The number of ether oxygens (including phenoxy) is 2.